The second-order valence-electron chi connectivity index (χ2n) is 6.27. The van der Waals surface area contributed by atoms with Crippen LogP contribution in [0.3, 0.4) is 0 Å². The fourth-order valence-electron chi connectivity index (χ4n) is 3.21. The van der Waals surface area contributed by atoms with Crippen molar-refractivity contribution in [2.45, 2.75) is 12.8 Å². The predicted octanol–water partition coefficient (Wildman–Crippen LogP) is 0.455. The van der Waals surface area contributed by atoms with Crippen molar-refractivity contribution < 1.29 is 9.59 Å². The molecule has 1 aliphatic rings. The first-order chi connectivity index (χ1) is 12.1. The van der Waals surface area contributed by atoms with Gasteiger partial charge >= 0.3 is 0 Å². The topological polar surface area (TPSA) is 108 Å². The van der Waals surface area contributed by atoms with Gasteiger partial charge in [0.2, 0.25) is 5.91 Å². The summed E-state index contributed by atoms with van der Waals surface area (Å²) in [6, 6.07) is 8.84. The van der Waals surface area contributed by atoms with E-state index in [9.17, 15) is 14.4 Å². The average Bonchev–Trinajstić information content (AvgIpc) is 2.65. The summed E-state index contributed by atoms with van der Waals surface area (Å²) < 4.78 is 0. The van der Waals surface area contributed by atoms with Crippen LogP contribution in [0.25, 0.3) is 10.8 Å². The number of amides is 2. The van der Waals surface area contributed by atoms with E-state index < -0.39 is 0 Å². The molecule has 0 saturated carbocycles. The van der Waals surface area contributed by atoms with Gasteiger partial charge < -0.3 is 20.9 Å². The van der Waals surface area contributed by atoms with Crippen LogP contribution in [-0.2, 0) is 4.79 Å². The summed E-state index contributed by atoms with van der Waals surface area (Å²) in [5.41, 5.74) is 5.38. The van der Waals surface area contributed by atoms with Crippen molar-refractivity contribution in [1.29, 1.82) is 0 Å². The molecule has 1 aliphatic heterocycles. The fourth-order valence-corrected chi connectivity index (χ4v) is 3.21. The number of hydrogen-bond acceptors (Lipinski definition) is 4. The quantitative estimate of drug-likeness (QED) is 0.750. The van der Waals surface area contributed by atoms with Crippen LogP contribution in [-0.4, -0.2) is 47.9 Å². The molecule has 25 heavy (non-hydrogen) atoms. The number of fused-ring (bicyclic) bond motifs is 1. The van der Waals surface area contributed by atoms with Gasteiger partial charge in [0.05, 0.1) is 5.92 Å². The molecule has 7 heteroatoms. The molecular weight excluding hydrogens is 320 g/mol. The van der Waals surface area contributed by atoms with E-state index in [1.165, 1.54) is 0 Å². The Morgan fingerprint density at radius 2 is 2.12 bits per heavy atom. The number of aromatic nitrogens is 1. The van der Waals surface area contributed by atoms with Gasteiger partial charge in [0.1, 0.15) is 5.69 Å². The number of likely N-dealkylation sites (tertiary alicyclic amines) is 1. The van der Waals surface area contributed by atoms with Gasteiger partial charge in [0.25, 0.3) is 11.5 Å². The largest absolute Gasteiger partial charge is 0.355 e. The van der Waals surface area contributed by atoms with Gasteiger partial charge in [-0.15, -0.1) is 0 Å². The molecule has 0 radical (unpaired) electrons. The van der Waals surface area contributed by atoms with Crippen molar-refractivity contribution in [2.24, 2.45) is 11.7 Å². The van der Waals surface area contributed by atoms with Crippen LogP contribution in [0.1, 0.15) is 23.3 Å². The van der Waals surface area contributed by atoms with Crippen LogP contribution in [0, 0.1) is 5.92 Å². The molecule has 1 unspecified atom stereocenters. The minimum Gasteiger partial charge on any atom is -0.355 e. The Kier molecular flexibility index (Phi) is 5.14. The highest BCUT2D eigenvalue weighted by Gasteiger charge is 2.29. The number of carbonyl (C=O) groups excluding carboxylic acids is 2. The zero-order valence-corrected chi connectivity index (χ0v) is 14.0. The lowest BCUT2D eigenvalue weighted by atomic mass is 9.96. The number of piperidine rings is 1. The molecule has 3 rings (SSSR count). The number of rotatable bonds is 4. The Bertz CT molecular complexity index is 846. The van der Waals surface area contributed by atoms with Gasteiger partial charge in [0, 0.05) is 31.6 Å². The number of carbonyl (C=O) groups is 2. The normalized spacial score (nSPS) is 17.5. The second-order valence-corrected chi connectivity index (χ2v) is 6.27. The summed E-state index contributed by atoms with van der Waals surface area (Å²) in [7, 11) is 0. The van der Waals surface area contributed by atoms with Crippen molar-refractivity contribution in [1.82, 2.24) is 15.2 Å². The maximum absolute atomic E-state index is 12.8. The molecule has 132 valence electrons. The highest BCUT2D eigenvalue weighted by Crippen LogP contribution is 2.19. The van der Waals surface area contributed by atoms with E-state index in [0.29, 0.717) is 31.6 Å². The number of nitrogens with one attached hydrogen (secondary N) is 2. The minimum absolute atomic E-state index is 0.0741. The molecule has 2 heterocycles. The van der Waals surface area contributed by atoms with Gasteiger partial charge in [-0.3, -0.25) is 14.4 Å². The Morgan fingerprint density at radius 3 is 2.92 bits per heavy atom. The van der Waals surface area contributed by atoms with E-state index in [0.717, 1.165) is 18.2 Å². The molecule has 0 aliphatic carbocycles. The number of nitrogens with zero attached hydrogens (tertiary/aromatic N) is 1. The molecule has 1 saturated heterocycles. The van der Waals surface area contributed by atoms with Gasteiger partial charge in [-0.1, -0.05) is 18.2 Å². The van der Waals surface area contributed by atoms with Crippen LogP contribution in [0.5, 0.6) is 0 Å². The minimum atomic E-state index is -0.282. The molecule has 4 N–H and O–H groups in total. The molecule has 1 aromatic heterocycles. The third-order valence-corrected chi connectivity index (χ3v) is 4.51. The molecule has 0 spiro atoms. The zero-order chi connectivity index (χ0) is 17.8. The van der Waals surface area contributed by atoms with Crippen LogP contribution in [0.4, 0.5) is 0 Å². The monoisotopic (exact) mass is 342 g/mol. The summed E-state index contributed by atoms with van der Waals surface area (Å²) in [5, 5.41) is 4.05. The molecule has 1 atom stereocenters. The van der Waals surface area contributed by atoms with E-state index in [4.69, 9.17) is 5.73 Å². The molecule has 2 aromatic rings. The third kappa shape index (κ3) is 3.71. The number of hydrogen-bond donors (Lipinski definition) is 3. The molecular formula is C18H22N4O3. The van der Waals surface area contributed by atoms with Crippen molar-refractivity contribution in [3.63, 3.8) is 0 Å². The molecule has 1 fully saturated rings. The Labute approximate surface area is 145 Å². The van der Waals surface area contributed by atoms with E-state index >= 15 is 0 Å². The lowest BCUT2D eigenvalue weighted by Crippen LogP contribution is -2.46. The van der Waals surface area contributed by atoms with Crippen LogP contribution < -0.4 is 16.6 Å². The van der Waals surface area contributed by atoms with Crippen molar-refractivity contribution in [2.75, 3.05) is 26.2 Å². The number of H-pyrrole nitrogens is 1. The Balaban J connectivity index is 1.78. The van der Waals surface area contributed by atoms with E-state index in [2.05, 4.69) is 10.3 Å². The van der Waals surface area contributed by atoms with E-state index in [1.807, 2.05) is 6.07 Å². The number of aromatic amines is 1. The average molecular weight is 342 g/mol. The number of benzene rings is 1. The van der Waals surface area contributed by atoms with Crippen molar-refractivity contribution in [3.05, 3.63) is 46.4 Å². The maximum atomic E-state index is 12.8. The summed E-state index contributed by atoms with van der Waals surface area (Å²) in [6.07, 6.45) is 1.50. The van der Waals surface area contributed by atoms with Crippen LogP contribution in [0.2, 0.25) is 0 Å². The summed E-state index contributed by atoms with van der Waals surface area (Å²) in [6.45, 7) is 1.75. The fraction of sp³-hybridized carbons (Fsp3) is 0.389. The lowest BCUT2D eigenvalue weighted by Gasteiger charge is -2.32. The van der Waals surface area contributed by atoms with Crippen LogP contribution >= 0.6 is 0 Å². The predicted molar refractivity (Wildman–Crippen MR) is 95.3 cm³/mol. The number of nitrogens with two attached hydrogens (primary N) is 1. The van der Waals surface area contributed by atoms with E-state index in [-0.39, 0.29) is 29.0 Å². The van der Waals surface area contributed by atoms with Crippen molar-refractivity contribution in [3.8, 4) is 0 Å². The number of pyridine rings is 1. The molecule has 7 nitrogen and oxygen atoms in total. The third-order valence-electron chi connectivity index (χ3n) is 4.51. The van der Waals surface area contributed by atoms with Crippen molar-refractivity contribution >= 4 is 22.6 Å². The van der Waals surface area contributed by atoms with Gasteiger partial charge in [0.15, 0.2) is 0 Å². The SMILES string of the molecule is NCCNC(=O)C1CCCN(C(=O)c2cc3ccccc3c(=O)[nH]2)C1. The second kappa shape index (κ2) is 7.48. The highest BCUT2D eigenvalue weighted by atomic mass is 16.2. The summed E-state index contributed by atoms with van der Waals surface area (Å²) >= 11 is 0. The van der Waals surface area contributed by atoms with Gasteiger partial charge in [-0.05, 0) is 30.4 Å². The molecule has 2 amide bonds. The Hall–Kier alpha value is -2.67. The summed E-state index contributed by atoms with van der Waals surface area (Å²) in [4.78, 5) is 41.4. The van der Waals surface area contributed by atoms with Gasteiger partial charge in [-0.2, -0.15) is 0 Å². The lowest BCUT2D eigenvalue weighted by molar-refractivity contribution is -0.126. The first kappa shape index (κ1) is 17.2. The summed E-state index contributed by atoms with van der Waals surface area (Å²) in [5.74, 6) is -0.564. The first-order valence-corrected chi connectivity index (χ1v) is 8.49. The Morgan fingerprint density at radius 1 is 1.32 bits per heavy atom. The standard InChI is InChI=1S/C18H22N4O3/c19-7-8-20-16(23)13-5-3-9-22(11-13)18(25)15-10-12-4-1-2-6-14(12)17(24)21-15/h1-2,4,6,10,13H,3,5,7-9,11,19H2,(H,20,23)(H,21,24). The first-order valence-electron chi connectivity index (χ1n) is 8.49. The zero-order valence-electron chi connectivity index (χ0n) is 14.0. The molecule has 1 aromatic carbocycles. The smallest absolute Gasteiger partial charge is 0.270 e. The van der Waals surface area contributed by atoms with Gasteiger partial charge in [-0.25, -0.2) is 0 Å². The van der Waals surface area contributed by atoms with E-state index in [1.54, 1.807) is 29.2 Å². The maximum Gasteiger partial charge on any atom is 0.270 e. The van der Waals surface area contributed by atoms with Crippen LogP contribution in [0.15, 0.2) is 35.1 Å². The highest BCUT2D eigenvalue weighted by molar-refractivity contribution is 5.96. The molecule has 0 bridgehead atoms.